The molecular weight excluding hydrogens is 432 g/mol. The van der Waals surface area contributed by atoms with E-state index in [2.05, 4.69) is 17.4 Å². The van der Waals surface area contributed by atoms with Gasteiger partial charge >= 0.3 is 0 Å². The molecule has 4 rings (SSSR count). The maximum Gasteiger partial charge on any atom is 0.251 e. The van der Waals surface area contributed by atoms with E-state index in [0.29, 0.717) is 11.3 Å². The van der Waals surface area contributed by atoms with Crippen molar-refractivity contribution in [2.24, 2.45) is 0 Å². The van der Waals surface area contributed by atoms with Gasteiger partial charge < -0.3 is 5.32 Å². The third kappa shape index (κ3) is 5.45. The highest BCUT2D eigenvalue weighted by Gasteiger charge is 2.22. The largest absolute Gasteiger partial charge is 0.345 e. The Morgan fingerprint density at radius 3 is 2.33 bits per heavy atom. The molecule has 172 valence electrons. The van der Waals surface area contributed by atoms with Crippen LogP contribution in [0, 0.1) is 13.8 Å². The molecule has 5 nitrogen and oxygen atoms in total. The number of carbonyl (C=O) groups is 1. The van der Waals surface area contributed by atoms with Gasteiger partial charge in [-0.2, -0.15) is 0 Å². The quantitative estimate of drug-likeness (QED) is 0.556. The van der Waals surface area contributed by atoms with Crippen LogP contribution in [0.1, 0.15) is 57.1 Å². The summed E-state index contributed by atoms with van der Waals surface area (Å²) in [4.78, 5) is 12.9. The molecule has 1 aliphatic rings. The van der Waals surface area contributed by atoms with E-state index >= 15 is 0 Å². The van der Waals surface area contributed by atoms with Crippen LogP contribution in [-0.2, 0) is 23.0 Å². The highest BCUT2D eigenvalue weighted by Crippen LogP contribution is 2.30. The highest BCUT2D eigenvalue weighted by molar-refractivity contribution is 7.92. The lowest BCUT2D eigenvalue weighted by molar-refractivity contribution is 0.0932. The maximum absolute atomic E-state index is 12.9. The Labute approximate surface area is 196 Å². The molecular formula is C27H30N2O3S. The van der Waals surface area contributed by atoms with Gasteiger partial charge in [0.2, 0.25) is 10.0 Å². The lowest BCUT2D eigenvalue weighted by Gasteiger charge is -2.26. The first-order valence-corrected chi connectivity index (χ1v) is 13.1. The molecule has 1 aliphatic carbocycles. The van der Waals surface area contributed by atoms with Gasteiger partial charge in [-0.05, 0) is 85.2 Å². The van der Waals surface area contributed by atoms with Gasteiger partial charge in [0, 0.05) is 5.56 Å². The monoisotopic (exact) mass is 462 g/mol. The van der Waals surface area contributed by atoms with E-state index in [4.69, 9.17) is 0 Å². The van der Waals surface area contributed by atoms with Gasteiger partial charge in [0.1, 0.15) is 0 Å². The predicted octanol–water partition coefficient (Wildman–Crippen LogP) is 5.08. The molecule has 0 bridgehead atoms. The Kier molecular flexibility index (Phi) is 6.56. The second-order valence-electron chi connectivity index (χ2n) is 8.93. The minimum atomic E-state index is -3.47. The van der Waals surface area contributed by atoms with Crippen molar-refractivity contribution in [2.75, 3.05) is 10.6 Å². The number of rotatable bonds is 6. The number of nitrogens with zero attached hydrogens (tertiary/aromatic N) is 1. The molecule has 0 saturated heterocycles. The zero-order valence-corrected chi connectivity index (χ0v) is 20.2. The van der Waals surface area contributed by atoms with E-state index in [1.165, 1.54) is 21.7 Å². The number of hydrogen-bond acceptors (Lipinski definition) is 3. The Balaban J connectivity index is 1.50. The number of aryl methyl sites for hydroxylation is 3. The van der Waals surface area contributed by atoms with Crippen LogP contribution in [-0.4, -0.2) is 20.6 Å². The number of benzene rings is 3. The van der Waals surface area contributed by atoms with Gasteiger partial charge in [-0.15, -0.1) is 0 Å². The summed E-state index contributed by atoms with van der Waals surface area (Å²) in [6.07, 6.45) is 4.25. The molecule has 0 heterocycles. The minimum Gasteiger partial charge on any atom is -0.345 e. The average molecular weight is 463 g/mol. The van der Waals surface area contributed by atoms with Crippen molar-refractivity contribution in [1.29, 1.82) is 0 Å². The zero-order valence-electron chi connectivity index (χ0n) is 19.3. The summed E-state index contributed by atoms with van der Waals surface area (Å²) in [6, 6.07) is 21.2. The summed E-state index contributed by atoms with van der Waals surface area (Å²) in [5.41, 5.74) is 6.55. The van der Waals surface area contributed by atoms with E-state index in [1.807, 2.05) is 56.3 Å². The van der Waals surface area contributed by atoms with Crippen molar-refractivity contribution in [3.8, 4) is 0 Å². The summed E-state index contributed by atoms with van der Waals surface area (Å²) in [6.45, 7) is 4.11. The number of nitrogens with one attached hydrogen (secondary N) is 1. The van der Waals surface area contributed by atoms with E-state index in [9.17, 15) is 13.2 Å². The molecule has 3 aromatic rings. The van der Waals surface area contributed by atoms with Gasteiger partial charge in [-0.25, -0.2) is 8.42 Å². The first-order chi connectivity index (χ1) is 15.7. The van der Waals surface area contributed by atoms with Gasteiger partial charge in [-0.1, -0.05) is 42.5 Å². The topological polar surface area (TPSA) is 66.5 Å². The lowest BCUT2D eigenvalue weighted by Crippen LogP contribution is -2.31. The van der Waals surface area contributed by atoms with Gasteiger partial charge in [0.05, 0.1) is 24.5 Å². The second-order valence-corrected chi connectivity index (χ2v) is 10.8. The molecule has 6 heteroatoms. The summed E-state index contributed by atoms with van der Waals surface area (Å²) >= 11 is 0. The molecule has 1 amide bonds. The first-order valence-electron chi connectivity index (χ1n) is 11.2. The fraction of sp³-hybridized carbons (Fsp3) is 0.296. The summed E-state index contributed by atoms with van der Waals surface area (Å²) in [5.74, 6) is -0.113. The van der Waals surface area contributed by atoms with Crippen molar-refractivity contribution in [2.45, 2.75) is 45.7 Å². The molecule has 3 aromatic carbocycles. The van der Waals surface area contributed by atoms with Gasteiger partial charge in [0.15, 0.2) is 0 Å². The molecule has 33 heavy (non-hydrogen) atoms. The fourth-order valence-electron chi connectivity index (χ4n) is 4.57. The van der Waals surface area contributed by atoms with Crippen molar-refractivity contribution in [1.82, 2.24) is 5.32 Å². The normalized spacial score (nSPS) is 15.5. The molecule has 1 N–H and O–H groups in total. The van der Waals surface area contributed by atoms with E-state index < -0.39 is 10.0 Å². The molecule has 1 unspecified atom stereocenters. The molecule has 0 aromatic heterocycles. The van der Waals surface area contributed by atoms with Crippen LogP contribution in [0.15, 0.2) is 66.7 Å². The predicted molar refractivity (Wildman–Crippen MR) is 133 cm³/mol. The summed E-state index contributed by atoms with van der Waals surface area (Å²) in [7, 11) is -3.47. The van der Waals surface area contributed by atoms with Crippen LogP contribution in [0.25, 0.3) is 0 Å². The molecule has 1 atom stereocenters. The third-order valence-electron chi connectivity index (χ3n) is 6.11. The van der Waals surface area contributed by atoms with Gasteiger partial charge in [0.25, 0.3) is 5.91 Å². The van der Waals surface area contributed by atoms with Crippen molar-refractivity contribution in [3.63, 3.8) is 0 Å². The van der Waals surface area contributed by atoms with Crippen molar-refractivity contribution >= 4 is 21.6 Å². The third-order valence-corrected chi connectivity index (χ3v) is 7.25. The second kappa shape index (κ2) is 9.40. The van der Waals surface area contributed by atoms with Crippen LogP contribution >= 0.6 is 0 Å². The number of hydrogen-bond donors (Lipinski definition) is 1. The van der Waals surface area contributed by atoms with Crippen LogP contribution in [0.3, 0.4) is 0 Å². The smallest absolute Gasteiger partial charge is 0.251 e. The van der Waals surface area contributed by atoms with Gasteiger partial charge in [-0.3, -0.25) is 9.10 Å². The van der Waals surface area contributed by atoms with E-state index in [0.717, 1.165) is 36.0 Å². The number of amides is 1. The number of anilines is 1. The van der Waals surface area contributed by atoms with E-state index in [1.54, 1.807) is 12.1 Å². The number of fused-ring (bicyclic) bond motifs is 1. The highest BCUT2D eigenvalue weighted by atomic mass is 32.2. The number of carbonyl (C=O) groups excluding carboxylic acids is 1. The Morgan fingerprint density at radius 1 is 1.00 bits per heavy atom. The Bertz CT molecular complexity index is 1250. The molecule has 0 saturated carbocycles. The maximum atomic E-state index is 12.9. The van der Waals surface area contributed by atoms with Crippen molar-refractivity contribution < 1.29 is 13.2 Å². The Hall–Kier alpha value is -3.12. The standard InChI is InChI=1S/C27H30N2O3S/c1-19-15-20(2)17-24(16-19)29(33(3,31)32)18-21-11-13-23(14-12-21)27(30)28-26-10-6-8-22-7-4-5-9-25(22)26/h4-5,7,9,11-17,26H,6,8,10,18H2,1-3H3,(H,28,30). The fourth-order valence-corrected chi connectivity index (χ4v) is 5.44. The minimum absolute atomic E-state index is 0.0208. The van der Waals surface area contributed by atoms with Crippen molar-refractivity contribution in [3.05, 3.63) is 100 Å². The van der Waals surface area contributed by atoms with Crippen LogP contribution in [0.4, 0.5) is 5.69 Å². The molecule has 0 spiro atoms. The van der Waals surface area contributed by atoms with Crippen LogP contribution in [0.5, 0.6) is 0 Å². The zero-order chi connectivity index (χ0) is 23.6. The van der Waals surface area contributed by atoms with Crippen LogP contribution < -0.4 is 9.62 Å². The molecule has 0 fully saturated rings. The first kappa shape index (κ1) is 23.1. The lowest BCUT2D eigenvalue weighted by atomic mass is 9.87. The summed E-state index contributed by atoms with van der Waals surface area (Å²) in [5, 5.41) is 3.17. The average Bonchev–Trinajstić information content (AvgIpc) is 2.76. The summed E-state index contributed by atoms with van der Waals surface area (Å²) < 4.78 is 26.4. The molecule has 0 radical (unpaired) electrons. The number of sulfonamides is 1. The molecule has 0 aliphatic heterocycles. The van der Waals surface area contributed by atoms with E-state index in [-0.39, 0.29) is 18.5 Å². The SMILES string of the molecule is Cc1cc(C)cc(N(Cc2ccc(C(=O)NC3CCCc4ccccc43)cc2)S(C)(=O)=O)c1. The Morgan fingerprint density at radius 2 is 1.67 bits per heavy atom. The van der Waals surface area contributed by atoms with Crippen LogP contribution in [0.2, 0.25) is 0 Å².